The van der Waals surface area contributed by atoms with Crippen molar-refractivity contribution in [2.45, 2.75) is 13.8 Å². The standard InChI is InChI=1S/C23H25N3O3/c1-16-12-17(2)14-19(13-16)26-18-8-9-24-22(15-18)23(27)25-10-11-29-21-6-4-20(28-3)5-7-21/h4-9,12-15H,10-11H2,1-3H3,(H,24,26)(H,25,27). The molecule has 0 saturated heterocycles. The Labute approximate surface area is 170 Å². The van der Waals surface area contributed by atoms with Crippen molar-refractivity contribution in [1.82, 2.24) is 10.3 Å². The molecule has 150 valence electrons. The molecule has 6 heteroatoms. The van der Waals surface area contributed by atoms with Gasteiger partial charge in [0.1, 0.15) is 23.8 Å². The van der Waals surface area contributed by atoms with Crippen molar-refractivity contribution >= 4 is 17.3 Å². The monoisotopic (exact) mass is 391 g/mol. The van der Waals surface area contributed by atoms with Gasteiger partial charge >= 0.3 is 0 Å². The molecule has 0 atom stereocenters. The molecule has 6 nitrogen and oxygen atoms in total. The Balaban J connectivity index is 1.52. The van der Waals surface area contributed by atoms with Crippen LogP contribution in [-0.2, 0) is 0 Å². The minimum atomic E-state index is -0.243. The lowest BCUT2D eigenvalue weighted by atomic mass is 10.1. The summed E-state index contributed by atoms with van der Waals surface area (Å²) in [5, 5.41) is 6.15. The number of aromatic nitrogens is 1. The van der Waals surface area contributed by atoms with Crippen molar-refractivity contribution < 1.29 is 14.3 Å². The molecule has 0 bridgehead atoms. The van der Waals surface area contributed by atoms with Crippen LogP contribution in [0.3, 0.4) is 0 Å². The maximum Gasteiger partial charge on any atom is 0.270 e. The van der Waals surface area contributed by atoms with Crippen LogP contribution in [0.4, 0.5) is 11.4 Å². The summed E-state index contributed by atoms with van der Waals surface area (Å²) in [5.41, 5.74) is 4.49. The van der Waals surface area contributed by atoms with E-state index >= 15 is 0 Å². The number of rotatable bonds is 8. The van der Waals surface area contributed by atoms with Crippen molar-refractivity contribution in [2.75, 3.05) is 25.6 Å². The van der Waals surface area contributed by atoms with Crippen LogP contribution in [0.5, 0.6) is 11.5 Å². The van der Waals surface area contributed by atoms with E-state index in [1.54, 1.807) is 19.4 Å². The molecule has 2 aromatic carbocycles. The second-order valence-corrected chi connectivity index (χ2v) is 6.71. The highest BCUT2D eigenvalue weighted by atomic mass is 16.5. The van der Waals surface area contributed by atoms with E-state index < -0.39 is 0 Å². The SMILES string of the molecule is COc1ccc(OCCNC(=O)c2cc(Nc3cc(C)cc(C)c3)ccn2)cc1. The highest BCUT2D eigenvalue weighted by Crippen LogP contribution is 2.20. The first-order valence-corrected chi connectivity index (χ1v) is 9.40. The summed E-state index contributed by atoms with van der Waals surface area (Å²) in [5.74, 6) is 1.25. The second-order valence-electron chi connectivity index (χ2n) is 6.71. The highest BCUT2D eigenvalue weighted by Gasteiger charge is 2.08. The molecule has 0 saturated carbocycles. The van der Waals surface area contributed by atoms with Crippen LogP contribution in [0.1, 0.15) is 21.6 Å². The summed E-state index contributed by atoms with van der Waals surface area (Å²) >= 11 is 0. The summed E-state index contributed by atoms with van der Waals surface area (Å²) in [6.07, 6.45) is 1.62. The van der Waals surface area contributed by atoms with Crippen LogP contribution in [0.15, 0.2) is 60.8 Å². The number of benzene rings is 2. The molecule has 1 amide bonds. The highest BCUT2D eigenvalue weighted by molar-refractivity contribution is 5.93. The van der Waals surface area contributed by atoms with Gasteiger partial charge in [0.25, 0.3) is 5.91 Å². The Bertz CT molecular complexity index is 951. The molecule has 0 aliphatic rings. The Morgan fingerprint density at radius 2 is 1.62 bits per heavy atom. The van der Waals surface area contributed by atoms with Crippen LogP contribution in [0, 0.1) is 13.8 Å². The largest absolute Gasteiger partial charge is 0.497 e. The molecule has 0 aliphatic heterocycles. The first kappa shape index (κ1) is 20.2. The summed E-state index contributed by atoms with van der Waals surface area (Å²) in [6.45, 7) is 4.84. The number of hydrogen-bond acceptors (Lipinski definition) is 5. The van der Waals surface area contributed by atoms with Gasteiger partial charge in [-0.3, -0.25) is 9.78 Å². The Morgan fingerprint density at radius 3 is 2.31 bits per heavy atom. The lowest BCUT2D eigenvalue weighted by Crippen LogP contribution is -2.28. The predicted octanol–water partition coefficient (Wildman–Crippen LogP) is 4.26. The minimum absolute atomic E-state index is 0.243. The van der Waals surface area contributed by atoms with Gasteiger partial charge in [-0.25, -0.2) is 0 Å². The van der Waals surface area contributed by atoms with Gasteiger partial charge in [-0.15, -0.1) is 0 Å². The molecule has 3 rings (SSSR count). The molecule has 3 aromatic rings. The third-order valence-electron chi connectivity index (χ3n) is 4.22. The van der Waals surface area contributed by atoms with Gasteiger partial charge < -0.3 is 20.1 Å². The zero-order chi connectivity index (χ0) is 20.6. The van der Waals surface area contributed by atoms with Gasteiger partial charge in [0.05, 0.1) is 13.7 Å². The van der Waals surface area contributed by atoms with Crippen LogP contribution < -0.4 is 20.1 Å². The molecular weight excluding hydrogens is 366 g/mol. The zero-order valence-electron chi connectivity index (χ0n) is 16.9. The maximum atomic E-state index is 12.4. The van der Waals surface area contributed by atoms with Crippen molar-refractivity contribution in [3.05, 3.63) is 77.6 Å². The molecule has 29 heavy (non-hydrogen) atoms. The molecular formula is C23H25N3O3. The fraction of sp³-hybridized carbons (Fsp3) is 0.217. The van der Waals surface area contributed by atoms with E-state index in [-0.39, 0.29) is 5.91 Å². The number of ether oxygens (including phenoxy) is 2. The summed E-state index contributed by atoms with van der Waals surface area (Å²) in [6, 6.07) is 17.1. The number of anilines is 2. The molecule has 1 aromatic heterocycles. The summed E-state index contributed by atoms with van der Waals surface area (Å²) in [4.78, 5) is 16.5. The van der Waals surface area contributed by atoms with E-state index in [0.29, 0.717) is 18.8 Å². The number of carbonyl (C=O) groups is 1. The lowest BCUT2D eigenvalue weighted by Gasteiger charge is -2.11. The number of pyridine rings is 1. The second kappa shape index (κ2) is 9.59. The minimum Gasteiger partial charge on any atom is -0.497 e. The van der Waals surface area contributed by atoms with Crippen molar-refractivity contribution in [3.8, 4) is 11.5 Å². The van der Waals surface area contributed by atoms with E-state index in [0.717, 1.165) is 22.9 Å². The Kier molecular flexibility index (Phi) is 6.68. The number of nitrogens with one attached hydrogen (secondary N) is 2. The number of carbonyl (C=O) groups excluding carboxylic acids is 1. The average molecular weight is 391 g/mol. The molecule has 0 unspecified atom stereocenters. The quantitative estimate of drug-likeness (QED) is 0.562. The van der Waals surface area contributed by atoms with Gasteiger partial charge in [-0.05, 0) is 73.5 Å². The normalized spacial score (nSPS) is 10.3. The van der Waals surface area contributed by atoms with Gasteiger partial charge in [0, 0.05) is 17.6 Å². The maximum absolute atomic E-state index is 12.4. The average Bonchev–Trinajstić information content (AvgIpc) is 2.71. The molecule has 2 N–H and O–H groups in total. The number of hydrogen-bond donors (Lipinski definition) is 2. The number of aryl methyl sites for hydroxylation is 2. The van der Waals surface area contributed by atoms with Crippen LogP contribution in [0.2, 0.25) is 0 Å². The molecule has 0 radical (unpaired) electrons. The summed E-state index contributed by atoms with van der Waals surface area (Å²) in [7, 11) is 1.62. The van der Waals surface area contributed by atoms with Gasteiger partial charge in [-0.1, -0.05) is 6.07 Å². The van der Waals surface area contributed by atoms with E-state index in [1.165, 1.54) is 11.1 Å². The molecule has 1 heterocycles. The van der Waals surface area contributed by atoms with Gasteiger partial charge in [0.15, 0.2) is 0 Å². The van der Waals surface area contributed by atoms with Crippen molar-refractivity contribution in [1.29, 1.82) is 0 Å². The van der Waals surface area contributed by atoms with E-state index in [9.17, 15) is 4.79 Å². The molecule has 0 fully saturated rings. The predicted molar refractivity (Wildman–Crippen MR) is 114 cm³/mol. The lowest BCUT2D eigenvalue weighted by molar-refractivity contribution is 0.0942. The van der Waals surface area contributed by atoms with E-state index in [4.69, 9.17) is 9.47 Å². The topological polar surface area (TPSA) is 72.5 Å². The van der Waals surface area contributed by atoms with E-state index in [2.05, 4.69) is 47.7 Å². The number of methoxy groups -OCH3 is 1. The number of amides is 1. The van der Waals surface area contributed by atoms with Crippen molar-refractivity contribution in [3.63, 3.8) is 0 Å². The smallest absolute Gasteiger partial charge is 0.270 e. The Morgan fingerprint density at radius 1 is 0.931 bits per heavy atom. The first-order valence-electron chi connectivity index (χ1n) is 9.40. The molecule has 0 aliphatic carbocycles. The fourth-order valence-electron chi connectivity index (χ4n) is 2.94. The summed E-state index contributed by atoms with van der Waals surface area (Å²) < 4.78 is 10.7. The van der Waals surface area contributed by atoms with Gasteiger partial charge in [0.2, 0.25) is 0 Å². The zero-order valence-corrected chi connectivity index (χ0v) is 16.9. The van der Waals surface area contributed by atoms with Crippen LogP contribution in [0.25, 0.3) is 0 Å². The van der Waals surface area contributed by atoms with Crippen molar-refractivity contribution in [2.24, 2.45) is 0 Å². The van der Waals surface area contributed by atoms with Crippen LogP contribution >= 0.6 is 0 Å². The van der Waals surface area contributed by atoms with Crippen LogP contribution in [-0.4, -0.2) is 31.2 Å². The third-order valence-corrected chi connectivity index (χ3v) is 4.22. The van der Waals surface area contributed by atoms with Gasteiger partial charge in [-0.2, -0.15) is 0 Å². The fourth-order valence-corrected chi connectivity index (χ4v) is 2.94. The third kappa shape index (κ3) is 5.97. The number of nitrogens with zero attached hydrogens (tertiary/aromatic N) is 1. The van der Waals surface area contributed by atoms with E-state index in [1.807, 2.05) is 30.3 Å². The first-order chi connectivity index (χ1) is 14.0. The molecule has 0 spiro atoms. The Hall–Kier alpha value is -3.54.